The van der Waals surface area contributed by atoms with E-state index in [0.29, 0.717) is 24.4 Å². The van der Waals surface area contributed by atoms with Gasteiger partial charge in [-0.05, 0) is 45.2 Å². The van der Waals surface area contributed by atoms with Crippen molar-refractivity contribution in [1.82, 2.24) is 14.8 Å². The molecule has 0 N–H and O–H groups in total. The predicted molar refractivity (Wildman–Crippen MR) is 85.4 cm³/mol. The summed E-state index contributed by atoms with van der Waals surface area (Å²) < 4.78 is 0. The molecular weight excluding hydrogens is 282 g/mol. The summed E-state index contributed by atoms with van der Waals surface area (Å²) in [4.78, 5) is 21.6. The molecule has 2 saturated heterocycles. The van der Waals surface area contributed by atoms with E-state index in [4.69, 9.17) is 0 Å². The van der Waals surface area contributed by atoms with Gasteiger partial charge >= 0.3 is 0 Å². The number of carbonyl (C=O) groups is 1. The summed E-state index contributed by atoms with van der Waals surface area (Å²) in [6.45, 7) is 5.51. The summed E-state index contributed by atoms with van der Waals surface area (Å²) in [5.41, 5.74) is 2.90. The molecule has 5 heteroatoms. The molecule has 2 aliphatic rings. The second-order valence-corrected chi connectivity index (χ2v) is 6.83. The van der Waals surface area contributed by atoms with Crippen LogP contribution in [0.4, 0.5) is 0 Å². The highest BCUT2D eigenvalue weighted by Crippen LogP contribution is 2.30. The van der Waals surface area contributed by atoms with E-state index < -0.39 is 0 Å². The molecule has 0 radical (unpaired) electrons. The third-order valence-electron chi connectivity index (χ3n) is 4.96. The van der Waals surface area contributed by atoms with Crippen LogP contribution in [0.5, 0.6) is 0 Å². The first-order chi connectivity index (χ1) is 10.3. The smallest absolute Gasteiger partial charge is 0.223 e. The van der Waals surface area contributed by atoms with Gasteiger partial charge in [0.1, 0.15) is 0 Å². The van der Waals surface area contributed by atoms with Crippen LogP contribution in [0, 0.1) is 0 Å². The van der Waals surface area contributed by atoms with Crippen molar-refractivity contribution in [3.8, 4) is 0 Å². The lowest BCUT2D eigenvalue weighted by atomic mass is 10.0. The Morgan fingerprint density at radius 3 is 2.90 bits per heavy atom. The van der Waals surface area contributed by atoms with Crippen molar-refractivity contribution in [2.24, 2.45) is 0 Å². The van der Waals surface area contributed by atoms with Crippen LogP contribution < -0.4 is 0 Å². The molecule has 0 unspecified atom stereocenters. The van der Waals surface area contributed by atoms with Crippen LogP contribution in [0.3, 0.4) is 0 Å². The van der Waals surface area contributed by atoms with Crippen molar-refractivity contribution >= 4 is 17.2 Å². The number of nitrogens with zero attached hydrogens (tertiary/aromatic N) is 3. The quantitative estimate of drug-likeness (QED) is 0.839. The lowest BCUT2D eigenvalue weighted by Crippen LogP contribution is -2.48. The zero-order chi connectivity index (χ0) is 14.7. The van der Waals surface area contributed by atoms with Gasteiger partial charge < -0.3 is 4.90 Å². The maximum atomic E-state index is 12.6. The fraction of sp³-hybridized carbons (Fsp3) is 0.750. The maximum Gasteiger partial charge on any atom is 0.223 e. The van der Waals surface area contributed by atoms with Gasteiger partial charge in [-0.15, -0.1) is 11.3 Å². The van der Waals surface area contributed by atoms with Crippen molar-refractivity contribution in [2.45, 2.75) is 57.5 Å². The van der Waals surface area contributed by atoms with Crippen LogP contribution in [0.25, 0.3) is 0 Å². The molecule has 1 amide bonds. The van der Waals surface area contributed by atoms with Crippen LogP contribution in [0.1, 0.15) is 44.7 Å². The van der Waals surface area contributed by atoms with Crippen LogP contribution in [-0.4, -0.2) is 52.4 Å². The van der Waals surface area contributed by atoms with E-state index in [2.05, 4.69) is 21.7 Å². The molecule has 2 fully saturated rings. The molecule has 0 spiro atoms. The van der Waals surface area contributed by atoms with Crippen LogP contribution in [-0.2, 0) is 11.2 Å². The van der Waals surface area contributed by atoms with Gasteiger partial charge in [-0.3, -0.25) is 9.69 Å². The van der Waals surface area contributed by atoms with Gasteiger partial charge in [0.2, 0.25) is 5.91 Å². The summed E-state index contributed by atoms with van der Waals surface area (Å²) in [6, 6.07) is 1.05. The van der Waals surface area contributed by atoms with Gasteiger partial charge in [0.25, 0.3) is 0 Å². The van der Waals surface area contributed by atoms with Crippen molar-refractivity contribution in [3.05, 3.63) is 16.6 Å². The maximum absolute atomic E-state index is 12.6. The van der Waals surface area contributed by atoms with Gasteiger partial charge in [-0.1, -0.05) is 6.92 Å². The fourth-order valence-corrected chi connectivity index (χ4v) is 4.51. The summed E-state index contributed by atoms with van der Waals surface area (Å²) in [7, 11) is 0. The molecule has 1 aromatic heterocycles. The number of amides is 1. The Morgan fingerprint density at radius 1 is 1.33 bits per heavy atom. The van der Waals surface area contributed by atoms with E-state index in [1.54, 1.807) is 11.3 Å². The summed E-state index contributed by atoms with van der Waals surface area (Å²) in [5, 5.41) is 2.05. The van der Waals surface area contributed by atoms with Gasteiger partial charge in [-0.2, -0.15) is 0 Å². The standard InChI is InChI=1S/C16H25N3OS/c1-2-18-9-3-5-14(18)15-6-4-10-19(15)16(20)8-7-13-11-21-12-17-13/h11-12,14-15H,2-10H2,1H3/t14-,15-/m1/s1. The van der Waals surface area contributed by atoms with Crippen molar-refractivity contribution in [2.75, 3.05) is 19.6 Å². The zero-order valence-corrected chi connectivity index (χ0v) is 13.6. The molecule has 0 aromatic carbocycles. The summed E-state index contributed by atoms with van der Waals surface area (Å²) in [6.07, 6.45) is 6.29. The number of thiazole rings is 1. The van der Waals surface area contributed by atoms with Crippen LogP contribution in [0.15, 0.2) is 10.9 Å². The topological polar surface area (TPSA) is 36.4 Å². The highest BCUT2D eigenvalue weighted by atomic mass is 32.1. The van der Waals surface area contributed by atoms with Crippen molar-refractivity contribution in [1.29, 1.82) is 0 Å². The first-order valence-electron chi connectivity index (χ1n) is 8.20. The van der Waals surface area contributed by atoms with E-state index in [1.165, 1.54) is 32.2 Å². The number of carbonyl (C=O) groups excluding carboxylic acids is 1. The minimum absolute atomic E-state index is 0.327. The molecule has 116 valence electrons. The van der Waals surface area contributed by atoms with E-state index in [9.17, 15) is 4.79 Å². The Morgan fingerprint density at radius 2 is 2.14 bits per heavy atom. The second-order valence-electron chi connectivity index (χ2n) is 6.11. The van der Waals surface area contributed by atoms with E-state index in [1.807, 2.05) is 10.9 Å². The monoisotopic (exact) mass is 307 g/mol. The molecule has 4 nitrogen and oxygen atoms in total. The third-order valence-corrected chi connectivity index (χ3v) is 5.60. The SMILES string of the molecule is CCN1CCC[C@@H]1[C@H]1CCCN1C(=O)CCc1cscn1. The lowest BCUT2D eigenvalue weighted by molar-refractivity contribution is -0.133. The molecule has 0 bridgehead atoms. The molecule has 2 atom stereocenters. The minimum atomic E-state index is 0.327. The Hall–Kier alpha value is -0.940. The number of hydrogen-bond acceptors (Lipinski definition) is 4. The average Bonchev–Trinajstić information content (AvgIpc) is 3.23. The highest BCUT2D eigenvalue weighted by molar-refractivity contribution is 7.07. The van der Waals surface area contributed by atoms with Crippen LogP contribution in [0.2, 0.25) is 0 Å². The van der Waals surface area contributed by atoms with Gasteiger partial charge in [0.15, 0.2) is 0 Å². The first kappa shape index (κ1) is 15.0. The Bertz CT molecular complexity index is 462. The molecule has 0 saturated carbocycles. The number of rotatable bonds is 5. The highest BCUT2D eigenvalue weighted by Gasteiger charge is 2.38. The molecule has 21 heavy (non-hydrogen) atoms. The first-order valence-corrected chi connectivity index (χ1v) is 9.14. The average molecular weight is 307 g/mol. The number of hydrogen-bond donors (Lipinski definition) is 0. The second kappa shape index (κ2) is 6.88. The lowest BCUT2D eigenvalue weighted by Gasteiger charge is -2.34. The Labute approximate surface area is 131 Å². The van der Waals surface area contributed by atoms with E-state index >= 15 is 0 Å². The number of likely N-dealkylation sites (tertiary alicyclic amines) is 2. The normalized spacial score (nSPS) is 26.6. The number of likely N-dealkylation sites (N-methyl/N-ethyl adjacent to an activating group) is 1. The molecule has 3 rings (SSSR count). The molecule has 0 aliphatic carbocycles. The fourth-order valence-electron chi connectivity index (χ4n) is 3.92. The van der Waals surface area contributed by atoms with Gasteiger partial charge in [-0.25, -0.2) is 4.98 Å². The van der Waals surface area contributed by atoms with Crippen LogP contribution >= 0.6 is 11.3 Å². The van der Waals surface area contributed by atoms with Gasteiger partial charge in [0, 0.05) is 30.4 Å². The Balaban J connectivity index is 1.59. The minimum Gasteiger partial charge on any atom is -0.338 e. The number of aromatic nitrogens is 1. The number of aryl methyl sites for hydroxylation is 1. The molecule has 2 aliphatic heterocycles. The largest absolute Gasteiger partial charge is 0.338 e. The molecule has 3 heterocycles. The third kappa shape index (κ3) is 3.29. The Kier molecular flexibility index (Phi) is 4.91. The van der Waals surface area contributed by atoms with E-state index in [-0.39, 0.29) is 0 Å². The van der Waals surface area contributed by atoms with Crippen molar-refractivity contribution in [3.63, 3.8) is 0 Å². The zero-order valence-electron chi connectivity index (χ0n) is 12.8. The van der Waals surface area contributed by atoms with Gasteiger partial charge in [0.05, 0.1) is 11.2 Å². The van der Waals surface area contributed by atoms with Crippen molar-refractivity contribution < 1.29 is 4.79 Å². The predicted octanol–water partition coefficient (Wildman–Crippen LogP) is 2.55. The van der Waals surface area contributed by atoms with E-state index in [0.717, 1.165) is 25.2 Å². The molecular formula is C16H25N3OS. The molecule has 1 aromatic rings. The summed E-state index contributed by atoms with van der Waals surface area (Å²) in [5.74, 6) is 0.327. The summed E-state index contributed by atoms with van der Waals surface area (Å²) >= 11 is 1.61.